The highest BCUT2D eigenvalue weighted by atomic mass is 16.2. The average molecular weight is 322 g/mol. The molecule has 1 heterocycles. The van der Waals surface area contributed by atoms with Crippen molar-refractivity contribution in [2.75, 3.05) is 19.6 Å². The van der Waals surface area contributed by atoms with Crippen molar-refractivity contribution in [1.29, 1.82) is 0 Å². The van der Waals surface area contributed by atoms with Crippen LogP contribution >= 0.6 is 0 Å². The third-order valence-corrected chi connectivity index (χ3v) is 5.03. The molecule has 126 valence electrons. The predicted octanol–water partition coefficient (Wildman–Crippen LogP) is 3.13. The molecule has 3 nitrogen and oxygen atoms in total. The predicted molar refractivity (Wildman–Crippen MR) is 97.8 cm³/mol. The molecule has 2 aromatic carbocycles. The van der Waals surface area contributed by atoms with E-state index in [9.17, 15) is 4.79 Å². The summed E-state index contributed by atoms with van der Waals surface area (Å²) in [6.45, 7) is 4.28. The van der Waals surface area contributed by atoms with Crippen molar-refractivity contribution in [3.8, 4) is 0 Å². The van der Waals surface area contributed by atoms with Crippen molar-refractivity contribution >= 4 is 5.91 Å². The fraction of sp³-hybridized carbons (Fsp3) is 0.381. The van der Waals surface area contributed by atoms with Crippen LogP contribution in [0.3, 0.4) is 0 Å². The molecule has 1 aliphatic heterocycles. The van der Waals surface area contributed by atoms with E-state index in [4.69, 9.17) is 5.73 Å². The Hall–Kier alpha value is -2.13. The second-order valence-electron chi connectivity index (χ2n) is 6.80. The Morgan fingerprint density at radius 3 is 2.62 bits per heavy atom. The van der Waals surface area contributed by atoms with Crippen molar-refractivity contribution in [3.63, 3.8) is 0 Å². The summed E-state index contributed by atoms with van der Waals surface area (Å²) in [5.74, 6) is 0.961. The third-order valence-electron chi connectivity index (χ3n) is 5.03. The van der Waals surface area contributed by atoms with E-state index in [1.165, 1.54) is 16.7 Å². The minimum atomic E-state index is 0.244. The van der Waals surface area contributed by atoms with Gasteiger partial charge in [-0.25, -0.2) is 0 Å². The number of likely N-dealkylation sites (tertiary alicyclic amines) is 1. The Kier molecular flexibility index (Phi) is 5.31. The summed E-state index contributed by atoms with van der Waals surface area (Å²) in [4.78, 5) is 14.6. The van der Waals surface area contributed by atoms with Gasteiger partial charge in [0.25, 0.3) is 0 Å². The van der Waals surface area contributed by atoms with Gasteiger partial charge in [0.05, 0.1) is 0 Å². The van der Waals surface area contributed by atoms with Gasteiger partial charge in [-0.1, -0.05) is 60.2 Å². The van der Waals surface area contributed by atoms with Gasteiger partial charge >= 0.3 is 0 Å². The van der Waals surface area contributed by atoms with Crippen LogP contribution in [0.5, 0.6) is 0 Å². The molecule has 0 unspecified atom stereocenters. The first kappa shape index (κ1) is 16.7. The van der Waals surface area contributed by atoms with Crippen LogP contribution in [0.25, 0.3) is 0 Å². The van der Waals surface area contributed by atoms with E-state index in [1.54, 1.807) is 0 Å². The van der Waals surface area contributed by atoms with Crippen LogP contribution in [0.15, 0.2) is 54.6 Å². The van der Waals surface area contributed by atoms with Gasteiger partial charge in [-0.15, -0.1) is 0 Å². The lowest BCUT2D eigenvalue weighted by Crippen LogP contribution is -2.30. The van der Waals surface area contributed by atoms with Crippen LogP contribution in [0.2, 0.25) is 0 Å². The quantitative estimate of drug-likeness (QED) is 0.919. The Morgan fingerprint density at radius 2 is 1.92 bits per heavy atom. The molecule has 3 heteroatoms. The van der Waals surface area contributed by atoms with Crippen molar-refractivity contribution in [2.45, 2.75) is 25.7 Å². The van der Waals surface area contributed by atoms with E-state index >= 15 is 0 Å². The Balaban J connectivity index is 1.61. The molecule has 0 aromatic heterocycles. The number of amides is 1. The molecule has 1 saturated heterocycles. The number of rotatable bonds is 5. The Morgan fingerprint density at radius 1 is 1.12 bits per heavy atom. The van der Waals surface area contributed by atoms with Crippen LogP contribution in [0, 0.1) is 12.8 Å². The molecule has 1 amide bonds. The Bertz CT molecular complexity index is 683. The zero-order chi connectivity index (χ0) is 16.9. The molecule has 0 bridgehead atoms. The molecule has 2 atom stereocenters. The summed E-state index contributed by atoms with van der Waals surface area (Å²) in [6, 6.07) is 18.8. The smallest absolute Gasteiger partial charge is 0.222 e. The maximum atomic E-state index is 12.6. The standard InChI is InChI=1S/C21H26N2O/c1-16-6-5-7-17(12-16)10-11-21(24)23-14-19(13-22)20(15-23)18-8-3-2-4-9-18/h2-9,12,19-20H,10-11,13-15,22H2,1H3/t19-,20+/m1/s1. The zero-order valence-corrected chi connectivity index (χ0v) is 14.3. The van der Waals surface area contributed by atoms with Gasteiger partial charge in [0.2, 0.25) is 5.91 Å². The number of nitrogens with zero attached hydrogens (tertiary/aromatic N) is 1. The van der Waals surface area contributed by atoms with E-state index in [0.29, 0.717) is 24.8 Å². The van der Waals surface area contributed by atoms with Gasteiger partial charge in [0.1, 0.15) is 0 Å². The van der Waals surface area contributed by atoms with Crippen LogP contribution in [0.1, 0.15) is 29.0 Å². The lowest BCUT2D eigenvalue weighted by Gasteiger charge is -2.17. The SMILES string of the molecule is Cc1cccc(CCC(=O)N2C[C@@H](CN)[C@H](c3ccccc3)C2)c1. The Labute approximate surface area is 144 Å². The summed E-state index contributed by atoms with van der Waals surface area (Å²) >= 11 is 0. The molecule has 2 N–H and O–H groups in total. The largest absolute Gasteiger partial charge is 0.342 e. The highest BCUT2D eigenvalue weighted by Gasteiger charge is 2.34. The van der Waals surface area contributed by atoms with Gasteiger partial charge in [-0.2, -0.15) is 0 Å². The minimum absolute atomic E-state index is 0.244. The summed E-state index contributed by atoms with van der Waals surface area (Å²) < 4.78 is 0. The lowest BCUT2D eigenvalue weighted by atomic mass is 9.89. The average Bonchev–Trinajstić information content (AvgIpc) is 3.05. The number of benzene rings is 2. The summed E-state index contributed by atoms with van der Waals surface area (Å²) in [5, 5.41) is 0. The third kappa shape index (κ3) is 3.85. The van der Waals surface area contributed by atoms with Crippen molar-refractivity contribution in [3.05, 3.63) is 71.3 Å². The van der Waals surface area contributed by atoms with Crippen LogP contribution in [-0.4, -0.2) is 30.4 Å². The van der Waals surface area contributed by atoms with E-state index in [1.807, 2.05) is 11.0 Å². The number of hydrogen-bond donors (Lipinski definition) is 1. The molecule has 2 aromatic rings. The molecule has 1 fully saturated rings. The van der Waals surface area contributed by atoms with E-state index in [0.717, 1.165) is 19.5 Å². The number of nitrogens with two attached hydrogens (primary N) is 1. The number of carbonyl (C=O) groups is 1. The fourth-order valence-corrected chi connectivity index (χ4v) is 3.67. The highest BCUT2D eigenvalue weighted by molar-refractivity contribution is 5.77. The maximum Gasteiger partial charge on any atom is 0.222 e. The lowest BCUT2D eigenvalue weighted by molar-refractivity contribution is -0.130. The molecule has 0 radical (unpaired) electrons. The first-order valence-corrected chi connectivity index (χ1v) is 8.75. The first-order valence-electron chi connectivity index (χ1n) is 8.75. The van der Waals surface area contributed by atoms with E-state index in [-0.39, 0.29) is 5.91 Å². The summed E-state index contributed by atoms with van der Waals surface area (Å²) in [7, 11) is 0. The van der Waals surface area contributed by atoms with Crippen LogP contribution in [-0.2, 0) is 11.2 Å². The normalized spacial score (nSPS) is 20.3. The first-order chi connectivity index (χ1) is 11.7. The van der Waals surface area contributed by atoms with Crippen LogP contribution in [0.4, 0.5) is 0 Å². The second kappa shape index (κ2) is 7.63. The molecule has 0 aliphatic carbocycles. The molecular weight excluding hydrogens is 296 g/mol. The molecular formula is C21H26N2O. The summed E-state index contributed by atoms with van der Waals surface area (Å²) in [5.41, 5.74) is 9.74. The van der Waals surface area contributed by atoms with Gasteiger partial charge in [-0.3, -0.25) is 4.79 Å². The molecule has 1 aliphatic rings. The van der Waals surface area contributed by atoms with Gasteiger partial charge in [0, 0.05) is 25.4 Å². The van der Waals surface area contributed by atoms with E-state index < -0.39 is 0 Å². The highest BCUT2D eigenvalue weighted by Crippen LogP contribution is 2.32. The van der Waals surface area contributed by atoms with Gasteiger partial charge < -0.3 is 10.6 Å². The van der Waals surface area contributed by atoms with Crippen molar-refractivity contribution in [2.24, 2.45) is 11.7 Å². The topological polar surface area (TPSA) is 46.3 Å². The van der Waals surface area contributed by atoms with Gasteiger partial charge in [0.15, 0.2) is 0 Å². The molecule has 3 rings (SSSR count). The second-order valence-corrected chi connectivity index (χ2v) is 6.80. The molecule has 0 spiro atoms. The number of aryl methyl sites for hydroxylation is 2. The maximum absolute atomic E-state index is 12.6. The van der Waals surface area contributed by atoms with Gasteiger partial charge in [-0.05, 0) is 36.9 Å². The molecule has 0 saturated carbocycles. The number of hydrogen-bond acceptors (Lipinski definition) is 2. The minimum Gasteiger partial charge on any atom is -0.342 e. The van der Waals surface area contributed by atoms with Crippen LogP contribution < -0.4 is 5.73 Å². The molecule has 24 heavy (non-hydrogen) atoms. The monoisotopic (exact) mass is 322 g/mol. The van der Waals surface area contributed by atoms with E-state index in [2.05, 4.69) is 55.5 Å². The summed E-state index contributed by atoms with van der Waals surface area (Å²) in [6.07, 6.45) is 1.38. The zero-order valence-electron chi connectivity index (χ0n) is 14.3. The number of carbonyl (C=O) groups excluding carboxylic acids is 1. The fourth-order valence-electron chi connectivity index (χ4n) is 3.67. The van der Waals surface area contributed by atoms with Crippen molar-refractivity contribution < 1.29 is 4.79 Å². The van der Waals surface area contributed by atoms with Crippen molar-refractivity contribution in [1.82, 2.24) is 4.90 Å².